The number of aromatic nitrogens is 1. The van der Waals surface area contributed by atoms with Gasteiger partial charge in [0.05, 0.1) is 11.6 Å². The molecule has 0 bridgehead atoms. The van der Waals surface area contributed by atoms with Gasteiger partial charge in [-0.05, 0) is 13.3 Å². The number of nitrogens with one attached hydrogen (secondary N) is 1. The normalized spacial score (nSPS) is 9.69. The molecule has 1 aromatic rings. The molecule has 13 heavy (non-hydrogen) atoms. The van der Waals surface area contributed by atoms with Crippen LogP contribution in [0.1, 0.15) is 18.4 Å². The minimum atomic E-state index is -0.438. The molecule has 0 aliphatic rings. The first-order valence-corrected chi connectivity index (χ1v) is 4.96. The van der Waals surface area contributed by atoms with Gasteiger partial charge in [-0.3, -0.25) is 5.32 Å². The molecule has 1 aromatic heterocycles. The fourth-order valence-corrected chi connectivity index (χ4v) is 1.30. The lowest BCUT2D eigenvalue weighted by Crippen LogP contribution is -2.14. The highest BCUT2D eigenvalue weighted by Crippen LogP contribution is 2.12. The van der Waals surface area contributed by atoms with Gasteiger partial charge in [0, 0.05) is 5.38 Å². The van der Waals surface area contributed by atoms with Crippen molar-refractivity contribution in [1.82, 2.24) is 4.98 Å². The number of hydrogen-bond acceptors (Lipinski definition) is 4. The largest absolute Gasteiger partial charge is 0.449 e. The molecule has 1 N–H and O–H groups in total. The van der Waals surface area contributed by atoms with Crippen LogP contribution in [-0.2, 0) is 4.74 Å². The summed E-state index contributed by atoms with van der Waals surface area (Å²) < 4.78 is 4.82. The van der Waals surface area contributed by atoms with Gasteiger partial charge in [-0.25, -0.2) is 9.78 Å². The van der Waals surface area contributed by atoms with E-state index in [-0.39, 0.29) is 0 Å². The van der Waals surface area contributed by atoms with E-state index in [1.54, 1.807) is 5.38 Å². The summed E-state index contributed by atoms with van der Waals surface area (Å²) in [4.78, 5) is 15.1. The fraction of sp³-hybridized carbons (Fsp3) is 0.500. The molecule has 1 amide bonds. The van der Waals surface area contributed by atoms with Crippen molar-refractivity contribution in [1.29, 1.82) is 0 Å². The summed E-state index contributed by atoms with van der Waals surface area (Å²) in [6.07, 6.45) is 0.385. The molecule has 0 saturated heterocycles. The summed E-state index contributed by atoms with van der Waals surface area (Å²) in [6.45, 7) is 4.27. The van der Waals surface area contributed by atoms with Crippen LogP contribution >= 0.6 is 11.3 Å². The van der Waals surface area contributed by atoms with E-state index in [2.05, 4.69) is 10.3 Å². The average Bonchev–Trinajstić information content (AvgIpc) is 2.48. The Balaban J connectivity index is 2.36. The highest BCUT2D eigenvalue weighted by molar-refractivity contribution is 7.09. The van der Waals surface area contributed by atoms with Gasteiger partial charge in [0.1, 0.15) is 5.82 Å². The van der Waals surface area contributed by atoms with E-state index >= 15 is 0 Å². The molecule has 5 heteroatoms. The Morgan fingerprint density at radius 3 is 3.08 bits per heavy atom. The van der Waals surface area contributed by atoms with Gasteiger partial charge in [-0.1, -0.05) is 6.92 Å². The number of amides is 1. The molecule has 0 saturated carbocycles. The van der Waals surface area contributed by atoms with Crippen LogP contribution in [0, 0.1) is 6.92 Å². The number of rotatable bonds is 3. The van der Waals surface area contributed by atoms with E-state index in [1.807, 2.05) is 13.8 Å². The standard InChI is InChI=1S/C8H12N2O2S/c1-3-4-12-8(11)10-7-5-13-6(2)9-7/h5H,3-4H2,1-2H3,(H,10,11). The average molecular weight is 200 g/mol. The highest BCUT2D eigenvalue weighted by atomic mass is 32.1. The van der Waals surface area contributed by atoms with Gasteiger partial charge >= 0.3 is 6.09 Å². The first-order valence-electron chi connectivity index (χ1n) is 4.08. The number of nitrogens with zero attached hydrogens (tertiary/aromatic N) is 1. The molecule has 0 aromatic carbocycles. The van der Waals surface area contributed by atoms with E-state index in [4.69, 9.17) is 4.74 Å². The van der Waals surface area contributed by atoms with Gasteiger partial charge in [-0.2, -0.15) is 0 Å². The zero-order valence-corrected chi connectivity index (χ0v) is 8.48. The van der Waals surface area contributed by atoms with Crippen LogP contribution in [-0.4, -0.2) is 17.7 Å². The van der Waals surface area contributed by atoms with Crippen LogP contribution in [0.25, 0.3) is 0 Å². The minimum absolute atomic E-state index is 0.438. The number of ether oxygens (including phenoxy) is 1. The van der Waals surface area contributed by atoms with E-state index < -0.39 is 6.09 Å². The molecule has 0 unspecified atom stereocenters. The number of hydrogen-bond donors (Lipinski definition) is 1. The SMILES string of the molecule is CCCOC(=O)Nc1csc(C)n1. The van der Waals surface area contributed by atoms with Crippen LogP contribution < -0.4 is 5.32 Å². The molecule has 0 radical (unpaired) electrons. The molecule has 0 aliphatic carbocycles. The third-order valence-electron chi connectivity index (χ3n) is 1.29. The van der Waals surface area contributed by atoms with E-state index in [0.29, 0.717) is 12.4 Å². The molecular weight excluding hydrogens is 188 g/mol. The van der Waals surface area contributed by atoms with Crippen molar-refractivity contribution in [2.75, 3.05) is 11.9 Å². The van der Waals surface area contributed by atoms with Crippen molar-refractivity contribution >= 4 is 23.2 Å². The molecule has 1 heterocycles. The van der Waals surface area contributed by atoms with Crippen LogP contribution in [0.5, 0.6) is 0 Å². The van der Waals surface area contributed by atoms with Crippen LogP contribution in [0.15, 0.2) is 5.38 Å². The predicted molar refractivity (Wildman–Crippen MR) is 52.1 cm³/mol. The molecular formula is C8H12N2O2S. The van der Waals surface area contributed by atoms with Crippen molar-refractivity contribution in [3.63, 3.8) is 0 Å². The van der Waals surface area contributed by atoms with Gasteiger partial charge in [-0.15, -0.1) is 11.3 Å². The maximum absolute atomic E-state index is 11.0. The monoisotopic (exact) mass is 200 g/mol. The van der Waals surface area contributed by atoms with E-state index in [1.165, 1.54) is 11.3 Å². The van der Waals surface area contributed by atoms with Gasteiger partial charge in [0.2, 0.25) is 0 Å². The van der Waals surface area contributed by atoms with Crippen LogP contribution in [0.3, 0.4) is 0 Å². The first kappa shape index (κ1) is 9.98. The third kappa shape index (κ3) is 3.42. The summed E-state index contributed by atoms with van der Waals surface area (Å²) in [7, 11) is 0. The third-order valence-corrected chi connectivity index (χ3v) is 2.06. The Labute approximate surface area is 80.9 Å². The molecule has 0 fully saturated rings. The molecule has 72 valence electrons. The number of aryl methyl sites for hydroxylation is 1. The maximum atomic E-state index is 11.0. The zero-order valence-electron chi connectivity index (χ0n) is 7.66. The van der Waals surface area contributed by atoms with Crippen LogP contribution in [0.4, 0.5) is 10.6 Å². The van der Waals surface area contributed by atoms with Crippen molar-refractivity contribution in [2.24, 2.45) is 0 Å². The number of carbonyl (C=O) groups excluding carboxylic acids is 1. The second kappa shape index (κ2) is 4.81. The lowest BCUT2D eigenvalue weighted by atomic mass is 10.5. The fourth-order valence-electron chi connectivity index (χ4n) is 0.756. The minimum Gasteiger partial charge on any atom is -0.449 e. The molecule has 4 nitrogen and oxygen atoms in total. The van der Waals surface area contributed by atoms with E-state index in [0.717, 1.165) is 11.4 Å². The van der Waals surface area contributed by atoms with E-state index in [9.17, 15) is 4.79 Å². The van der Waals surface area contributed by atoms with Gasteiger partial charge in [0.25, 0.3) is 0 Å². The van der Waals surface area contributed by atoms with Crippen molar-refractivity contribution < 1.29 is 9.53 Å². The maximum Gasteiger partial charge on any atom is 0.412 e. The Kier molecular flexibility index (Phi) is 3.70. The summed E-state index contributed by atoms with van der Waals surface area (Å²) in [6, 6.07) is 0. The Morgan fingerprint density at radius 2 is 2.54 bits per heavy atom. The Hall–Kier alpha value is -1.10. The number of carbonyl (C=O) groups is 1. The van der Waals surface area contributed by atoms with Crippen LogP contribution in [0.2, 0.25) is 0 Å². The van der Waals surface area contributed by atoms with Crippen molar-refractivity contribution in [3.05, 3.63) is 10.4 Å². The number of thiazole rings is 1. The smallest absolute Gasteiger partial charge is 0.412 e. The lowest BCUT2D eigenvalue weighted by Gasteiger charge is -2.02. The lowest BCUT2D eigenvalue weighted by molar-refractivity contribution is 0.161. The topological polar surface area (TPSA) is 51.2 Å². The second-order valence-corrected chi connectivity index (χ2v) is 3.57. The molecule has 1 rings (SSSR count). The van der Waals surface area contributed by atoms with Gasteiger partial charge in [0.15, 0.2) is 0 Å². The summed E-state index contributed by atoms with van der Waals surface area (Å²) >= 11 is 1.49. The molecule has 0 atom stereocenters. The van der Waals surface area contributed by atoms with Crippen molar-refractivity contribution in [3.8, 4) is 0 Å². The summed E-state index contributed by atoms with van der Waals surface area (Å²) in [5.74, 6) is 0.559. The zero-order chi connectivity index (χ0) is 9.68. The summed E-state index contributed by atoms with van der Waals surface area (Å²) in [5, 5.41) is 5.24. The highest BCUT2D eigenvalue weighted by Gasteiger charge is 2.04. The first-order chi connectivity index (χ1) is 6.22. The second-order valence-electron chi connectivity index (χ2n) is 2.51. The molecule has 0 spiro atoms. The Bertz CT molecular complexity index is 285. The van der Waals surface area contributed by atoms with Crippen molar-refractivity contribution in [2.45, 2.75) is 20.3 Å². The van der Waals surface area contributed by atoms with Gasteiger partial charge < -0.3 is 4.74 Å². The number of anilines is 1. The molecule has 0 aliphatic heterocycles. The Morgan fingerprint density at radius 1 is 1.77 bits per heavy atom. The predicted octanol–water partition coefficient (Wildman–Crippen LogP) is 2.41. The quantitative estimate of drug-likeness (QED) is 0.815. The summed E-state index contributed by atoms with van der Waals surface area (Å²) in [5.41, 5.74) is 0.